The molecule has 0 fully saturated rings. The van der Waals surface area contributed by atoms with Crippen molar-refractivity contribution in [1.29, 1.82) is 0 Å². The molecule has 1 unspecified atom stereocenters. The number of sulfonamides is 1. The smallest absolute Gasteiger partial charge is 0.322 e. The van der Waals surface area contributed by atoms with Crippen LogP contribution in [0.2, 0.25) is 0 Å². The highest BCUT2D eigenvalue weighted by molar-refractivity contribution is 7.92. The largest absolute Gasteiger partial charge is 0.487 e. The lowest BCUT2D eigenvalue weighted by Crippen LogP contribution is -2.41. The molecule has 1 atom stereocenters. The van der Waals surface area contributed by atoms with Crippen LogP contribution in [0.4, 0.5) is 11.4 Å². The normalized spacial score (nSPS) is 15.4. The van der Waals surface area contributed by atoms with Gasteiger partial charge in [-0.25, -0.2) is 8.42 Å². The molecule has 0 bridgehead atoms. The van der Waals surface area contributed by atoms with E-state index in [1.54, 1.807) is 0 Å². The monoisotopic (exact) mass is 447 g/mol. The van der Waals surface area contributed by atoms with Crippen molar-refractivity contribution < 1.29 is 32.6 Å². The van der Waals surface area contributed by atoms with E-state index in [0.717, 1.165) is 0 Å². The van der Waals surface area contributed by atoms with E-state index in [2.05, 4.69) is 10.0 Å². The fourth-order valence-electron chi connectivity index (χ4n) is 3.04. The molecule has 31 heavy (non-hydrogen) atoms. The Kier molecular flexibility index (Phi) is 6.16. The lowest BCUT2D eigenvalue weighted by Gasteiger charge is -2.33. The van der Waals surface area contributed by atoms with E-state index in [9.17, 15) is 22.8 Å². The minimum atomic E-state index is -3.99. The first-order chi connectivity index (χ1) is 14.6. The number of amides is 2. The molecule has 3 N–H and O–H groups in total. The van der Waals surface area contributed by atoms with Gasteiger partial charge in [0.05, 0.1) is 17.1 Å². The fourth-order valence-corrected chi connectivity index (χ4v) is 4.12. The predicted octanol–water partition coefficient (Wildman–Crippen LogP) is 1.44. The number of hydrogen-bond donors (Lipinski definition) is 3. The minimum absolute atomic E-state index is 0.0565. The topological polar surface area (TPSA) is 142 Å². The SMILES string of the molecule is CC(=O)N1CC(C)Oc2ccc(S(=O)(=O)Nc3ccc(C(=O)NCC(=O)O)cc3)cc21. The van der Waals surface area contributed by atoms with Crippen molar-refractivity contribution in [3.63, 3.8) is 0 Å². The first-order valence-electron chi connectivity index (χ1n) is 9.28. The molecule has 10 nitrogen and oxygen atoms in total. The Morgan fingerprint density at radius 3 is 2.45 bits per heavy atom. The molecular weight excluding hydrogens is 426 g/mol. The van der Waals surface area contributed by atoms with Crippen molar-refractivity contribution >= 4 is 39.2 Å². The first-order valence-corrected chi connectivity index (χ1v) is 10.8. The zero-order valence-corrected chi connectivity index (χ0v) is 17.6. The number of ether oxygens (including phenoxy) is 1. The van der Waals surface area contributed by atoms with Gasteiger partial charge in [0.25, 0.3) is 15.9 Å². The van der Waals surface area contributed by atoms with Crippen LogP contribution >= 0.6 is 0 Å². The standard InChI is InChI=1S/C20H21N3O7S/c1-12-11-23(13(2)24)17-9-16(7-8-18(17)30-12)31(28,29)22-15-5-3-14(4-6-15)20(27)21-10-19(25)26/h3-9,12,22H,10-11H2,1-2H3,(H,21,27)(H,25,26). The van der Waals surface area contributed by atoms with Gasteiger partial charge in [-0.3, -0.25) is 19.1 Å². The molecule has 2 amide bonds. The van der Waals surface area contributed by atoms with Gasteiger partial charge in [0.2, 0.25) is 5.91 Å². The average Bonchev–Trinajstić information content (AvgIpc) is 2.71. The van der Waals surface area contributed by atoms with E-state index in [4.69, 9.17) is 9.84 Å². The Hall–Kier alpha value is -3.60. The average molecular weight is 447 g/mol. The Labute approximate surface area is 178 Å². The molecule has 3 rings (SSSR count). The van der Waals surface area contributed by atoms with Crippen molar-refractivity contribution in [3.8, 4) is 5.75 Å². The maximum absolute atomic E-state index is 12.8. The second-order valence-corrected chi connectivity index (χ2v) is 8.63. The second-order valence-electron chi connectivity index (χ2n) is 6.95. The van der Waals surface area contributed by atoms with Gasteiger partial charge >= 0.3 is 5.97 Å². The van der Waals surface area contributed by atoms with Crippen molar-refractivity contribution in [1.82, 2.24) is 5.32 Å². The van der Waals surface area contributed by atoms with E-state index in [1.807, 2.05) is 6.92 Å². The highest BCUT2D eigenvalue weighted by Gasteiger charge is 2.28. The number of benzene rings is 2. The molecular formula is C20H21N3O7S. The molecule has 0 aromatic heterocycles. The maximum atomic E-state index is 12.8. The molecule has 1 aliphatic rings. The lowest BCUT2D eigenvalue weighted by molar-refractivity contribution is -0.135. The number of aliphatic carboxylic acids is 1. The summed E-state index contributed by atoms with van der Waals surface area (Å²) >= 11 is 0. The predicted molar refractivity (Wildman–Crippen MR) is 112 cm³/mol. The number of anilines is 2. The summed E-state index contributed by atoms with van der Waals surface area (Å²) in [5.74, 6) is -1.57. The number of nitrogens with one attached hydrogen (secondary N) is 2. The highest BCUT2D eigenvalue weighted by Crippen LogP contribution is 2.35. The van der Waals surface area contributed by atoms with Gasteiger partial charge in [-0.1, -0.05) is 0 Å². The van der Waals surface area contributed by atoms with Gasteiger partial charge in [0.1, 0.15) is 18.4 Å². The molecule has 2 aromatic rings. The summed E-state index contributed by atoms with van der Waals surface area (Å²) < 4.78 is 33.7. The van der Waals surface area contributed by atoms with Crippen molar-refractivity contribution in [2.75, 3.05) is 22.7 Å². The zero-order valence-electron chi connectivity index (χ0n) is 16.8. The number of carboxylic acid groups (broad SMARTS) is 1. The summed E-state index contributed by atoms with van der Waals surface area (Å²) in [6, 6.07) is 9.77. The van der Waals surface area contributed by atoms with Crippen LogP contribution in [0.25, 0.3) is 0 Å². The summed E-state index contributed by atoms with van der Waals surface area (Å²) in [7, 11) is -3.99. The molecule has 2 aromatic carbocycles. The van der Waals surface area contributed by atoms with E-state index >= 15 is 0 Å². The molecule has 0 aliphatic carbocycles. The third kappa shape index (κ3) is 5.12. The van der Waals surface area contributed by atoms with Crippen LogP contribution in [0.3, 0.4) is 0 Å². The number of carbonyl (C=O) groups excluding carboxylic acids is 2. The van der Waals surface area contributed by atoms with Crippen LogP contribution < -0.4 is 19.7 Å². The number of carboxylic acids is 1. The van der Waals surface area contributed by atoms with Crippen LogP contribution in [0.5, 0.6) is 5.75 Å². The van der Waals surface area contributed by atoms with Crippen LogP contribution in [-0.2, 0) is 19.6 Å². The first kappa shape index (κ1) is 22.1. The number of fused-ring (bicyclic) bond motifs is 1. The molecule has 1 heterocycles. The zero-order chi connectivity index (χ0) is 22.8. The van der Waals surface area contributed by atoms with Gasteiger partial charge < -0.3 is 20.1 Å². The molecule has 0 radical (unpaired) electrons. The summed E-state index contributed by atoms with van der Waals surface area (Å²) in [4.78, 5) is 35.8. The van der Waals surface area contributed by atoms with Crippen molar-refractivity contribution in [2.24, 2.45) is 0 Å². The number of nitrogens with zero attached hydrogens (tertiary/aromatic N) is 1. The number of carbonyl (C=O) groups is 3. The van der Waals surface area contributed by atoms with Gasteiger partial charge in [-0.05, 0) is 49.4 Å². The highest BCUT2D eigenvalue weighted by atomic mass is 32.2. The Bertz CT molecular complexity index is 1130. The van der Waals surface area contributed by atoms with E-state index in [0.29, 0.717) is 18.0 Å². The second kappa shape index (κ2) is 8.64. The summed E-state index contributed by atoms with van der Waals surface area (Å²) in [5.41, 5.74) is 0.765. The van der Waals surface area contributed by atoms with E-state index in [1.165, 1.54) is 54.3 Å². The van der Waals surface area contributed by atoms with Crippen LogP contribution in [0.1, 0.15) is 24.2 Å². The van der Waals surface area contributed by atoms with Gasteiger partial charge in [0, 0.05) is 18.2 Å². The lowest BCUT2D eigenvalue weighted by atomic mass is 10.2. The van der Waals surface area contributed by atoms with E-state index in [-0.39, 0.29) is 28.2 Å². The molecule has 1 aliphatic heterocycles. The molecule has 0 spiro atoms. The van der Waals surface area contributed by atoms with Gasteiger partial charge in [-0.2, -0.15) is 0 Å². The van der Waals surface area contributed by atoms with Gasteiger partial charge in [-0.15, -0.1) is 0 Å². The number of rotatable bonds is 6. The fraction of sp³-hybridized carbons (Fsp3) is 0.250. The summed E-state index contributed by atoms with van der Waals surface area (Å²) in [5, 5.41) is 10.8. The maximum Gasteiger partial charge on any atom is 0.322 e. The van der Waals surface area contributed by atoms with Crippen LogP contribution in [0.15, 0.2) is 47.4 Å². The molecule has 11 heteroatoms. The minimum Gasteiger partial charge on any atom is -0.487 e. The molecule has 0 saturated heterocycles. The van der Waals surface area contributed by atoms with Crippen LogP contribution in [0, 0.1) is 0 Å². The summed E-state index contributed by atoms with van der Waals surface area (Å²) in [6.45, 7) is 3.00. The van der Waals surface area contributed by atoms with E-state index < -0.39 is 28.4 Å². The Balaban J connectivity index is 1.80. The summed E-state index contributed by atoms with van der Waals surface area (Å²) in [6.07, 6.45) is -0.219. The van der Waals surface area contributed by atoms with Crippen LogP contribution in [-0.4, -0.2) is 50.5 Å². The Morgan fingerprint density at radius 2 is 1.84 bits per heavy atom. The Morgan fingerprint density at radius 1 is 1.16 bits per heavy atom. The number of hydrogen-bond acceptors (Lipinski definition) is 6. The van der Waals surface area contributed by atoms with Crippen molar-refractivity contribution in [3.05, 3.63) is 48.0 Å². The molecule has 0 saturated carbocycles. The molecule has 164 valence electrons. The third-order valence-corrected chi connectivity index (χ3v) is 5.86. The third-order valence-electron chi connectivity index (χ3n) is 4.48. The van der Waals surface area contributed by atoms with Crippen molar-refractivity contribution in [2.45, 2.75) is 24.8 Å². The van der Waals surface area contributed by atoms with Gasteiger partial charge in [0.15, 0.2) is 0 Å². The quantitative estimate of drug-likeness (QED) is 0.608.